The Morgan fingerprint density at radius 3 is 2.68 bits per heavy atom. The van der Waals surface area contributed by atoms with Crippen LogP contribution in [0.4, 0.5) is 0 Å². The van der Waals surface area contributed by atoms with Crippen molar-refractivity contribution in [3.8, 4) is 0 Å². The van der Waals surface area contributed by atoms with Crippen LogP contribution < -0.4 is 0 Å². The molecule has 0 saturated carbocycles. The lowest BCUT2D eigenvalue weighted by Gasteiger charge is -1.96. The molecule has 108 valence electrons. The summed E-state index contributed by atoms with van der Waals surface area (Å²) in [5, 5.41) is 0. The van der Waals surface area contributed by atoms with Crippen LogP contribution in [-0.4, -0.2) is 23.7 Å². The second kappa shape index (κ2) is 6.86. The molecule has 0 aromatic carbocycles. The Morgan fingerprint density at radius 2 is 2.11 bits per heavy atom. The zero-order chi connectivity index (χ0) is 14.5. The molecule has 0 spiro atoms. The van der Waals surface area contributed by atoms with Gasteiger partial charge in [0.2, 0.25) is 5.89 Å². The van der Waals surface area contributed by atoms with E-state index in [0.29, 0.717) is 30.4 Å². The molecular formula is C13H21NO4S. The quantitative estimate of drug-likeness (QED) is 0.780. The summed E-state index contributed by atoms with van der Waals surface area (Å²) in [6, 6.07) is 0. The number of hydrogen-bond donors (Lipinski definition) is 1. The van der Waals surface area contributed by atoms with Gasteiger partial charge in [0.15, 0.2) is 0 Å². The first-order valence-corrected chi connectivity index (χ1v) is 7.97. The SMILES string of the molecule is Cc1oc(/C=C/CC(C)C)nc1CCCS(=O)(=O)O. The fraction of sp³-hybridized carbons (Fsp3) is 0.615. The lowest BCUT2D eigenvalue weighted by atomic mass is 10.1. The van der Waals surface area contributed by atoms with E-state index in [4.69, 9.17) is 8.97 Å². The fourth-order valence-corrected chi connectivity index (χ4v) is 2.13. The van der Waals surface area contributed by atoms with Gasteiger partial charge in [-0.15, -0.1) is 0 Å². The molecule has 0 radical (unpaired) electrons. The molecule has 1 rings (SSSR count). The van der Waals surface area contributed by atoms with Crippen molar-refractivity contribution >= 4 is 16.2 Å². The maximum Gasteiger partial charge on any atom is 0.264 e. The molecule has 1 aromatic heterocycles. The highest BCUT2D eigenvalue weighted by molar-refractivity contribution is 7.85. The summed E-state index contributed by atoms with van der Waals surface area (Å²) >= 11 is 0. The minimum atomic E-state index is -3.90. The average molecular weight is 287 g/mol. The molecule has 5 nitrogen and oxygen atoms in total. The predicted octanol–water partition coefficient (Wildman–Crippen LogP) is 2.86. The summed E-state index contributed by atoms with van der Waals surface area (Å²) in [5.41, 5.74) is 0.743. The Balaban J connectivity index is 2.56. The van der Waals surface area contributed by atoms with E-state index in [0.717, 1.165) is 12.1 Å². The van der Waals surface area contributed by atoms with Gasteiger partial charge in [-0.05, 0) is 38.2 Å². The summed E-state index contributed by atoms with van der Waals surface area (Å²) in [5.74, 6) is 1.57. The molecule has 1 heterocycles. The molecule has 0 aliphatic carbocycles. The van der Waals surface area contributed by atoms with Crippen molar-refractivity contribution in [2.75, 3.05) is 5.75 Å². The third-order valence-corrected chi connectivity index (χ3v) is 3.40. The van der Waals surface area contributed by atoms with Crippen LogP contribution in [0, 0.1) is 12.8 Å². The summed E-state index contributed by atoms with van der Waals surface area (Å²) in [4.78, 5) is 4.30. The zero-order valence-electron chi connectivity index (χ0n) is 11.6. The summed E-state index contributed by atoms with van der Waals surface area (Å²) in [6.45, 7) is 6.06. The average Bonchev–Trinajstić information content (AvgIpc) is 2.57. The summed E-state index contributed by atoms with van der Waals surface area (Å²) in [7, 11) is -3.90. The topological polar surface area (TPSA) is 80.4 Å². The molecule has 0 fully saturated rings. The van der Waals surface area contributed by atoms with Crippen molar-refractivity contribution in [3.05, 3.63) is 23.4 Å². The Hall–Kier alpha value is -1.14. The number of aromatic nitrogens is 1. The smallest absolute Gasteiger partial charge is 0.264 e. The van der Waals surface area contributed by atoms with E-state index in [2.05, 4.69) is 18.8 Å². The first-order valence-electron chi connectivity index (χ1n) is 6.36. The molecule has 0 amide bonds. The van der Waals surface area contributed by atoms with Gasteiger partial charge in [0, 0.05) is 0 Å². The largest absolute Gasteiger partial charge is 0.442 e. The fourth-order valence-electron chi connectivity index (χ4n) is 1.62. The Labute approximate surface area is 114 Å². The van der Waals surface area contributed by atoms with Crippen LogP contribution in [-0.2, 0) is 16.5 Å². The molecule has 0 aliphatic heterocycles. The lowest BCUT2D eigenvalue weighted by Crippen LogP contribution is -2.05. The number of allylic oxidation sites excluding steroid dienone is 1. The third-order valence-electron chi connectivity index (χ3n) is 2.59. The number of hydrogen-bond acceptors (Lipinski definition) is 4. The Bertz CT molecular complexity index is 529. The highest BCUT2D eigenvalue weighted by Gasteiger charge is 2.10. The van der Waals surface area contributed by atoms with Gasteiger partial charge in [0.05, 0.1) is 11.4 Å². The monoisotopic (exact) mass is 287 g/mol. The van der Waals surface area contributed by atoms with Crippen molar-refractivity contribution in [1.29, 1.82) is 0 Å². The minimum Gasteiger partial charge on any atom is -0.442 e. The van der Waals surface area contributed by atoms with E-state index in [1.165, 1.54) is 0 Å². The van der Waals surface area contributed by atoms with Gasteiger partial charge in [0.25, 0.3) is 10.1 Å². The maximum atomic E-state index is 10.6. The van der Waals surface area contributed by atoms with Gasteiger partial charge < -0.3 is 4.42 Å². The normalized spacial score (nSPS) is 12.7. The Morgan fingerprint density at radius 1 is 1.42 bits per heavy atom. The van der Waals surface area contributed by atoms with Crippen LogP contribution >= 0.6 is 0 Å². The molecule has 1 aromatic rings. The highest BCUT2D eigenvalue weighted by Crippen LogP contribution is 2.14. The van der Waals surface area contributed by atoms with E-state index in [1.807, 2.05) is 12.2 Å². The van der Waals surface area contributed by atoms with Crippen LogP contribution in [0.2, 0.25) is 0 Å². The van der Waals surface area contributed by atoms with Crippen molar-refractivity contribution in [2.24, 2.45) is 5.92 Å². The van der Waals surface area contributed by atoms with Crippen LogP contribution in [0.1, 0.15) is 44.0 Å². The van der Waals surface area contributed by atoms with E-state index in [9.17, 15) is 8.42 Å². The van der Waals surface area contributed by atoms with E-state index >= 15 is 0 Å². The third kappa shape index (κ3) is 6.54. The Kier molecular flexibility index (Phi) is 5.75. The zero-order valence-corrected chi connectivity index (χ0v) is 12.4. The van der Waals surface area contributed by atoms with Gasteiger partial charge in [-0.1, -0.05) is 19.9 Å². The van der Waals surface area contributed by atoms with E-state index in [-0.39, 0.29) is 5.75 Å². The molecule has 6 heteroatoms. The van der Waals surface area contributed by atoms with Gasteiger partial charge in [0.1, 0.15) is 5.76 Å². The van der Waals surface area contributed by atoms with Crippen molar-refractivity contribution in [3.63, 3.8) is 0 Å². The predicted molar refractivity (Wildman–Crippen MR) is 74.5 cm³/mol. The number of nitrogens with zero attached hydrogens (tertiary/aromatic N) is 1. The lowest BCUT2D eigenvalue weighted by molar-refractivity contribution is 0.480. The molecule has 0 aliphatic rings. The number of aryl methyl sites for hydroxylation is 2. The van der Waals surface area contributed by atoms with Gasteiger partial charge in [-0.2, -0.15) is 8.42 Å². The summed E-state index contributed by atoms with van der Waals surface area (Å²) < 4.78 is 35.4. The molecule has 0 saturated heterocycles. The molecule has 19 heavy (non-hydrogen) atoms. The minimum absolute atomic E-state index is 0.252. The van der Waals surface area contributed by atoms with Crippen molar-refractivity contribution in [2.45, 2.75) is 40.0 Å². The van der Waals surface area contributed by atoms with Crippen LogP contribution in [0.3, 0.4) is 0 Å². The second-order valence-electron chi connectivity index (χ2n) is 4.98. The number of rotatable bonds is 7. The van der Waals surface area contributed by atoms with Crippen molar-refractivity contribution < 1.29 is 17.4 Å². The molecule has 0 unspecified atom stereocenters. The number of oxazole rings is 1. The second-order valence-corrected chi connectivity index (χ2v) is 6.55. The van der Waals surface area contributed by atoms with E-state index < -0.39 is 10.1 Å². The van der Waals surface area contributed by atoms with Gasteiger partial charge in [-0.3, -0.25) is 4.55 Å². The molecule has 0 bridgehead atoms. The van der Waals surface area contributed by atoms with Gasteiger partial charge >= 0.3 is 0 Å². The van der Waals surface area contributed by atoms with Crippen LogP contribution in [0.25, 0.3) is 6.08 Å². The molecule has 1 N–H and O–H groups in total. The summed E-state index contributed by atoms with van der Waals surface area (Å²) in [6.07, 6.45) is 5.62. The first kappa shape index (κ1) is 15.9. The highest BCUT2D eigenvalue weighted by atomic mass is 32.2. The van der Waals surface area contributed by atoms with Crippen LogP contribution in [0.15, 0.2) is 10.5 Å². The standard InChI is InChI=1S/C13H21NO4S/c1-10(2)6-4-8-13-14-12(11(3)18-13)7-5-9-19(15,16)17/h4,8,10H,5-7,9H2,1-3H3,(H,15,16,17)/b8-4+. The van der Waals surface area contributed by atoms with Crippen LogP contribution in [0.5, 0.6) is 0 Å². The van der Waals surface area contributed by atoms with E-state index in [1.54, 1.807) is 6.92 Å². The molecular weight excluding hydrogens is 266 g/mol. The van der Waals surface area contributed by atoms with Crippen molar-refractivity contribution in [1.82, 2.24) is 4.98 Å². The maximum absolute atomic E-state index is 10.6. The molecule has 0 atom stereocenters. The first-order chi connectivity index (χ1) is 8.78. The van der Waals surface area contributed by atoms with Gasteiger partial charge in [-0.25, -0.2) is 4.98 Å².